The Morgan fingerprint density at radius 1 is 0.821 bits per heavy atom. The molecule has 0 bridgehead atoms. The number of ether oxygens (including phenoxy) is 1. The molecule has 3 aromatic carbocycles. The van der Waals surface area contributed by atoms with E-state index in [-0.39, 0.29) is 17.9 Å². The van der Waals surface area contributed by atoms with Gasteiger partial charge >= 0.3 is 12.0 Å². The molecule has 0 spiro atoms. The van der Waals surface area contributed by atoms with Gasteiger partial charge in [-0.15, -0.1) is 0 Å². The monoisotopic (exact) mass is 527 g/mol. The second-order valence-corrected chi connectivity index (χ2v) is 11.2. The lowest BCUT2D eigenvalue weighted by atomic mass is 10.0. The molecule has 0 aromatic heterocycles. The number of rotatable bonds is 6. The maximum Gasteiger partial charge on any atom is 0.338 e. The van der Waals surface area contributed by atoms with Gasteiger partial charge in [-0.1, -0.05) is 50.2 Å². The average molecular weight is 528 g/mol. The summed E-state index contributed by atoms with van der Waals surface area (Å²) in [5.41, 5.74) is 4.42. The van der Waals surface area contributed by atoms with Gasteiger partial charge in [-0.05, 0) is 92.6 Å². The fourth-order valence-electron chi connectivity index (χ4n) is 4.54. The number of amides is 3. The largest absolute Gasteiger partial charge is 0.456 e. The highest BCUT2D eigenvalue weighted by atomic mass is 16.6. The molecule has 3 amide bonds. The van der Waals surface area contributed by atoms with Crippen molar-refractivity contribution in [3.63, 3.8) is 0 Å². The van der Waals surface area contributed by atoms with E-state index in [0.717, 1.165) is 17.5 Å². The van der Waals surface area contributed by atoms with E-state index in [1.54, 1.807) is 17.0 Å². The minimum atomic E-state index is -0.547. The summed E-state index contributed by atoms with van der Waals surface area (Å²) in [5.74, 6) is -0.141. The summed E-state index contributed by atoms with van der Waals surface area (Å²) in [5, 5.41) is 5.88. The lowest BCUT2D eigenvalue weighted by Gasteiger charge is -2.24. The first-order valence-corrected chi connectivity index (χ1v) is 13.4. The smallest absolute Gasteiger partial charge is 0.338 e. The van der Waals surface area contributed by atoms with E-state index < -0.39 is 11.6 Å². The number of urea groups is 1. The molecular formula is C32H37N3O4. The summed E-state index contributed by atoms with van der Waals surface area (Å²) >= 11 is 0. The van der Waals surface area contributed by atoms with Gasteiger partial charge in [-0.3, -0.25) is 4.79 Å². The number of nitrogens with zero attached hydrogens (tertiary/aromatic N) is 1. The van der Waals surface area contributed by atoms with Crippen molar-refractivity contribution in [1.29, 1.82) is 0 Å². The van der Waals surface area contributed by atoms with E-state index in [9.17, 15) is 14.4 Å². The minimum absolute atomic E-state index is 0.202. The summed E-state index contributed by atoms with van der Waals surface area (Å²) in [4.78, 5) is 39.9. The number of esters is 1. The first-order valence-electron chi connectivity index (χ1n) is 13.4. The van der Waals surface area contributed by atoms with E-state index in [1.165, 1.54) is 5.56 Å². The summed E-state index contributed by atoms with van der Waals surface area (Å²) in [6, 6.07) is 21.8. The minimum Gasteiger partial charge on any atom is -0.456 e. The van der Waals surface area contributed by atoms with Gasteiger partial charge in [0.05, 0.1) is 5.56 Å². The molecule has 0 unspecified atom stereocenters. The van der Waals surface area contributed by atoms with Crippen LogP contribution in [0.4, 0.5) is 16.2 Å². The molecule has 0 radical (unpaired) electrons. The van der Waals surface area contributed by atoms with Crippen LogP contribution in [0.25, 0.3) is 11.1 Å². The highest BCUT2D eigenvalue weighted by molar-refractivity contribution is 5.99. The second-order valence-electron chi connectivity index (χ2n) is 11.2. The van der Waals surface area contributed by atoms with E-state index in [0.29, 0.717) is 35.8 Å². The zero-order valence-electron chi connectivity index (χ0n) is 23.3. The van der Waals surface area contributed by atoms with Gasteiger partial charge in [0.1, 0.15) is 11.6 Å². The Morgan fingerprint density at radius 2 is 1.36 bits per heavy atom. The second kappa shape index (κ2) is 11.7. The van der Waals surface area contributed by atoms with Gasteiger partial charge in [0.25, 0.3) is 0 Å². The standard InChI is InChI=1S/C32H37N3O4/c1-21(2)22-12-16-27(17-13-22)34-31(38)35-20-6-7-28(35)29(36)33-26-18-14-24(15-19-26)23-8-10-25(11-9-23)30(37)39-32(3,4)5/h8-19,21,28H,6-7,20H2,1-5H3,(H,33,36)(H,34,38)/t28-/m0/s1. The molecule has 1 fully saturated rings. The van der Waals surface area contributed by atoms with Crippen LogP contribution in [-0.2, 0) is 9.53 Å². The fourth-order valence-corrected chi connectivity index (χ4v) is 4.54. The average Bonchev–Trinajstić information content (AvgIpc) is 3.39. The Labute approximate surface area is 230 Å². The quantitative estimate of drug-likeness (QED) is 0.336. The van der Waals surface area contributed by atoms with Crippen molar-refractivity contribution in [3.8, 4) is 11.1 Å². The van der Waals surface area contributed by atoms with E-state index >= 15 is 0 Å². The van der Waals surface area contributed by atoms with E-state index in [2.05, 4.69) is 24.5 Å². The molecule has 1 heterocycles. The van der Waals surface area contributed by atoms with Crippen LogP contribution in [-0.4, -0.2) is 41.0 Å². The molecule has 7 heteroatoms. The lowest BCUT2D eigenvalue weighted by molar-refractivity contribution is -0.119. The number of nitrogens with one attached hydrogen (secondary N) is 2. The van der Waals surface area contributed by atoms with Gasteiger partial charge in [0, 0.05) is 17.9 Å². The molecule has 2 N–H and O–H groups in total. The normalized spacial score (nSPS) is 15.2. The first-order chi connectivity index (χ1) is 18.5. The summed E-state index contributed by atoms with van der Waals surface area (Å²) in [7, 11) is 0. The zero-order valence-corrected chi connectivity index (χ0v) is 23.3. The number of hydrogen-bond donors (Lipinski definition) is 2. The molecule has 1 saturated heterocycles. The van der Waals surface area contributed by atoms with Crippen LogP contribution >= 0.6 is 0 Å². The Hall–Kier alpha value is -4.13. The molecule has 1 atom stereocenters. The molecule has 7 nitrogen and oxygen atoms in total. The maximum absolute atomic E-state index is 13.1. The van der Waals surface area contributed by atoms with Crippen molar-refractivity contribution < 1.29 is 19.1 Å². The lowest BCUT2D eigenvalue weighted by Crippen LogP contribution is -2.45. The summed E-state index contributed by atoms with van der Waals surface area (Å²) < 4.78 is 5.42. The van der Waals surface area contributed by atoms with Crippen molar-refractivity contribution in [3.05, 3.63) is 83.9 Å². The molecule has 1 aliphatic heterocycles. The molecule has 39 heavy (non-hydrogen) atoms. The van der Waals surface area contributed by atoms with Crippen molar-refractivity contribution in [2.24, 2.45) is 0 Å². The van der Waals surface area contributed by atoms with Gasteiger partial charge in [0.15, 0.2) is 0 Å². The molecule has 0 aliphatic carbocycles. The van der Waals surface area contributed by atoms with Crippen LogP contribution in [0.15, 0.2) is 72.8 Å². The van der Waals surface area contributed by atoms with Crippen molar-refractivity contribution in [1.82, 2.24) is 4.90 Å². The first kappa shape index (κ1) is 27.9. The molecule has 1 aliphatic rings. The fraction of sp³-hybridized carbons (Fsp3) is 0.344. The summed E-state index contributed by atoms with van der Waals surface area (Å²) in [6.07, 6.45) is 1.39. The number of carbonyl (C=O) groups is 3. The Bertz CT molecular complexity index is 1310. The number of anilines is 2. The van der Waals surface area contributed by atoms with E-state index in [1.807, 2.05) is 81.4 Å². The highest BCUT2D eigenvalue weighted by Crippen LogP contribution is 2.25. The number of hydrogen-bond acceptors (Lipinski definition) is 4. The topological polar surface area (TPSA) is 87.7 Å². The SMILES string of the molecule is CC(C)c1ccc(NC(=O)N2CCC[C@H]2C(=O)Nc2ccc(-c3ccc(C(=O)OC(C)(C)C)cc3)cc2)cc1. The van der Waals surface area contributed by atoms with Gasteiger partial charge in [-0.2, -0.15) is 0 Å². The zero-order chi connectivity index (χ0) is 28.2. The van der Waals surface area contributed by atoms with Crippen LogP contribution < -0.4 is 10.6 Å². The van der Waals surface area contributed by atoms with Gasteiger partial charge < -0.3 is 20.3 Å². The molecule has 3 aromatic rings. The number of benzene rings is 3. The van der Waals surface area contributed by atoms with Crippen molar-refractivity contribution in [2.45, 2.75) is 65.0 Å². The van der Waals surface area contributed by atoms with Crippen LogP contribution in [0.5, 0.6) is 0 Å². The molecule has 4 rings (SSSR count). The molecule has 0 saturated carbocycles. The van der Waals surface area contributed by atoms with E-state index in [4.69, 9.17) is 4.74 Å². The third kappa shape index (κ3) is 7.25. The molecular weight excluding hydrogens is 490 g/mol. The predicted molar refractivity (Wildman–Crippen MR) is 155 cm³/mol. The Kier molecular flexibility index (Phi) is 8.38. The Balaban J connectivity index is 1.35. The third-order valence-corrected chi connectivity index (χ3v) is 6.65. The Morgan fingerprint density at radius 3 is 1.92 bits per heavy atom. The highest BCUT2D eigenvalue weighted by Gasteiger charge is 2.34. The summed E-state index contributed by atoms with van der Waals surface area (Å²) in [6.45, 7) is 10.3. The number of likely N-dealkylation sites (tertiary alicyclic amines) is 1. The van der Waals surface area contributed by atoms with Gasteiger partial charge in [-0.25, -0.2) is 9.59 Å². The van der Waals surface area contributed by atoms with Crippen LogP contribution in [0.1, 0.15) is 69.3 Å². The van der Waals surface area contributed by atoms with Gasteiger partial charge in [0.2, 0.25) is 5.91 Å². The maximum atomic E-state index is 13.1. The van der Waals surface area contributed by atoms with Crippen LogP contribution in [0, 0.1) is 0 Å². The van der Waals surface area contributed by atoms with Crippen LogP contribution in [0.3, 0.4) is 0 Å². The number of carbonyl (C=O) groups excluding carboxylic acids is 3. The predicted octanol–water partition coefficient (Wildman–Crippen LogP) is 7.07. The third-order valence-electron chi connectivity index (χ3n) is 6.65. The van der Waals surface area contributed by atoms with Crippen LogP contribution in [0.2, 0.25) is 0 Å². The van der Waals surface area contributed by atoms with Crippen molar-refractivity contribution >= 4 is 29.3 Å². The van der Waals surface area contributed by atoms with Crippen molar-refractivity contribution in [2.75, 3.05) is 17.2 Å². The molecule has 204 valence electrons.